The molecule has 0 aliphatic carbocycles. The van der Waals surface area contributed by atoms with E-state index in [4.69, 9.17) is 9.47 Å². The van der Waals surface area contributed by atoms with Crippen molar-refractivity contribution in [2.45, 2.75) is 380 Å². The number of hydrogen-bond donors (Lipinski definition) is 1. The molecular formula is C67H128O5. The lowest BCUT2D eigenvalue weighted by molar-refractivity contribution is -0.161. The van der Waals surface area contributed by atoms with E-state index < -0.39 is 6.10 Å². The number of aliphatic hydroxyl groups excluding tert-OH is 1. The molecule has 0 radical (unpaired) electrons. The summed E-state index contributed by atoms with van der Waals surface area (Å²) in [4.78, 5) is 24.6. The van der Waals surface area contributed by atoms with Gasteiger partial charge in [-0.1, -0.05) is 321 Å². The highest BCUT2D eigenvalue weighted by Crippen LogP contribution is 2.18. The van der Waals surface area contributed by atoms with Crippen LogP contribution in [0.4, 0.5) is 0 Å². The van der Waals surface area contributed by atoms with Gasteiger partial charge in [-0.2, -0.15) is 0 Å². The Hall–Kier alpha value is -1.62. The third-order valence-corrected chi connectivity index (χ3v) is 15.2. The van der Waals surface area contributed by atoms with Gasteiger partial charge >= 0.3 is 11.9 Å². The van der Waals surface area contributed by atoms with Crippen molar-refractivity contribution < 1.29 is 24.2 Å². The third-order valence-electron chi connectivity index (χ3n) is 15.2. The van der Waals surface area contributed by atoms with Crippen LogP contribution < -0.4 is 0 Å². The van der Waals surface area contributed by atoms with Gasteiger partial charge in [0.2, 0.25) is 0 Å². The molecule has 0 saturated heterocycles. The predicted molar refractivity (Wildman–Crippen MR) is 316 cm³/mol. The Morgan fingerprint density at radius 3 is 0.750 bits per heavy atom. The highest BCUT2D eigenvalue weighted by Gasteiger charge is 2.16. The molecule has 0 bridgehead atoms. The first kappa shape index (κ1) is 70.4. The molecule has 0 aliphatic rings. The normalized spacial score (nSPS) is 12.2. The molecule has 0 aromatic heterocycles. The van der Waals surface area contributed by atoms with Crippen LogP contribution in [-0.4, -0.2) is 36.4 Å². The van der Waals surface area contributed by atoms with Crippen molar-refractivity contribution in [1.82, 2.24) is 0 Å². The number of ether oxygens (including phenoxy) is 2. The van der Waals surface area contributed by atoms with E-state index in [2.05, 4.69) is 38.2 Å². The molecule has 72 heavy (non-hydrogen) atoms. The van der Waals surface area contributed by atoms with Crippen molar-refractivity contribution in [3.05, 3.63) is 24.3 Å². The summed E-state index contributed by atoms with van der Waals surface area (Å²) < 4.78 is 10.8. The summed E-state index contributed by atoms with van der Waals surface area (Å²) in [7, 11) is 0. The van der Waals surface area contributed by atoms with E-state index in [-0.39, 0.29) is 25.2 Å². The lowest BCUT2D eigenvalue weighted by Crippen LogP contribution is -2.28. The fraction of sp³-hybridized carbons (Fsp3) is 0.910. The van der Waals surface area contributed by atoms with E-state index in [1.165, 1.54) is 315 Å². The predicted octanol–water partition coefficient (Wildman–Crippen LogP) is 22.4. The molecule has 5 heteroatoms. The van der Waals surface area contributed by atoms with E-state index in [0.717, 1.165) is 32.1 Å². The molecule has 426 valence electrons. The number of carbonyl (C=O) groups excluding carboxylic acids is 2. The SMILES string of the molecule is CCCCCCCCCC/C=C\CCCCCCCCCCCCCCCCCCCC(=O)OCC(CO)OC(=O)CCCCCCCCCCCCCCCCCCC/C=C\CCCCCCCCCC. The maximum Gasteiger partial charge on any atom is 0.306 e. The first-order valence-electron chi connectivity index (χ1n) is 32.9. The fourth-order valence-electron chi connectivity index (χ4n) is 10.3. The summed E-state index contributed by atoms with van der Waals surface area (Å²) in [5.41, 5.74) is 0. The van der Waals surface area contributed by atoms with Crippen LogP contribution >= 0.6 is 0 Å². The molecule has 0 fully saturated rings. The first-order chi connectivity index (χ1) is 35.6. The summed E-state index contributed by atoms with van der Waals surface area (Å²) in [6, 6.07) is 0. The van der Waals surface area contributed by atoms with Crippen LogP contribution in [0, 0.1) is 0 Å². The first-order valence-corrected chi connectivity index (χ1v) is 32.9. The van der Waals surface area contributed by atoms with Gasteiger partial charge in [-0.25, -0.2) is 0 Å². The lowest BCUT2D eigenvalue weighted by Gasteiger charge is -2.15. The number of aliphatic hydroxyl groups is 1. The minimum absolute atomic E-state index is 0.0588. The van der Waals surface area contributed by atoms with Crippen molar-refractivity contribution >= 4 is 11.9 Å². The molecule has 1 atom stereocenters. The average Bonchev–Trinajstić information content (AvgIpc) is 3.38. The van der Waals surface area contributed by atoms with E-state index >= 15 is 0 Å². The van der Waals surface area contributed by atoms with Crippen LogP contribution in [0.5, 0.6) is 0 Å². The van der Waals surface area contributed by atoms with Crippen molar-refractivity contribution in [3.63, 3.8) is 0 Å². The Bertz CT molecular complexity index is 1100. The maximum atomic E-state index is 12.3. The zero-order valence-corrected chi connectivity index (χ0v) is 49.0. The monoisotopic (exact) mass is 1010 g/mol. The van der Waals surface area contributed by atoms with Gasteiger partial charge in [-0.05, 0) is 64.2 Å². The summed E-state index contributed by atoms with van der Waals surface area (Å²) in [6.07, 6.45) is 82.0. The van der Waals surface area contributed by atoms with Crippen LogP contribution in [0.2, 0.25) is 0 Å². The molecule has 1 N–H and O–H groups in total. The summed E-state index contributed by atoms with van der Waals surface area (Å²) in [5, 5.41) is 9.69. The molecule has 0 saturated carbocycles. The van der Waals surface area contributed by atoms with Gasteiger partial charge in [0.25, 0.3) is 0 Å². The second-order valence-corrected chi connectivity index (χ2v) is 22.5. The lowest BCUT2D eigenvalue weighted by atomic mass is 10.0. The number of unbranched alkanes of at least 4 members (excludes halogenated alkanes) is 50. The van der Waals surface area contributed by atoms with E-state index in [9.17, 15) is 14.7 Å². The third kappa shape index (κ3) is 60.9. The summed E-state index contributed by atoms with van der Waals surface area (Å²) in [6.45, 7) is 4.20. The van der Waals surface area contributed by atoms with Gasteiger partial charge in [-0.3, -0.25) is 9.59 Å². The van der Waals surface area contributed by atoms with Crippen LogP contribution in [0.25, 0.3) is 0 Å². The van der Waals surface area contributed by atoms with Gasteiger partial charge in [0, 0.05) is 12.8 Å². The van der Waals surface area contributed by atoms with Gasteiger partial charge in [0.05, 0.1) is 6.61 Å². The van der Waals surface area contributed by atoms with Crippen LogP contribution in [0.15, 0.2) is 24.3 Å². The second-order valence-electron chi connectivity index (χ2n) is 22.5. The van der Waals surface area contributed by atoms with Crippen LogP contribution in [0.3, 0.4) is 0 Å². The average molecular weight is 1010 g/mol. The maximum absolute atomic E-state index is 12.3. The minimum atomic E-state index is -0.769. The number of allylic oxidation sites excluding steroid dienone is 4. The topological polar surface area (TPSA) is 72.8 Å². The summed E-state index contributed by atoms with van der Waals surface area (Å²) in [5.74, 6) is -0.566. The molecule has 0 aliphatic heterocycles. The van der Waals surface area contributed by atoms with Crippen molar-refractivity contribution in [1.29, 1.82) is 0 Å². The second kappa shape index (κ2) is 63.7. The van der Waals surface area contributed by atoms with E-state index in [1.807, 2.05) is 0 Å². The molecule has 0 amide bonds. The minimum Gasteiger partial charge on any atom is -0.462 e. The molecular weight excluding hydrogens is 885 g/mol. The molecule has 0 aromatic rings. The molecule has 5 nitrogen and oxygen atoms in total. The smallest absolute Gasteiger partial charge is 0.306 e. The largest absolute Gasteiger partial charge is 0.462 e. The Morgan fingerprint density at radius 2 is 0.514 bits per heavy atom. The quantitative estimate of drug-likeness (QED) is 0.0373. The molecule has 0 rings (SSSR count). The Balaban J connectivity index is 3.39. The number of carbonyl (C=O) groups is 2. The van der Waals surface area contributed by atoms with Crippen molar-refractivity contribution in [3.8, 4) is 0 Å². The fourth-order valence-corrected chi connectivity index (χ4v) is 10.3. The van der Waals surface area contributed by atoms with Crippen molar-refractivity contribution in [2.75, 3.05) is 13.2 Å². The Labute approximate surface area is 451 Å². The van der Waals surface area contributed by atoms with Gasteiger partial charge < -0.3 is 14.6 Å². The highest BCUT2D eigenvalue weighted by molar-refractivity contribution is 5.70. The van der Waals surface area contributed by atoms with Gasteiger partial charge in [0.1, 0.15) is 6.61 Å². The molecule has 1 unspecified atom stereocenters. The Kier molecular flexibility index (Phi) is 62.2. The standard InChI is InChI=1S/C67H128O5/c1-3-5-7-9-11-13-15-17-19-21-23-25-27-29-31-33-35-37-39-41-43-45-47-49-51-53-55-57-59-61-66(69)71-64-65(63-68)72-67(70)62-60-58-56-54-52-50-48-46-44-42-40-38-36-34-32-30-28-26-24-22-20-18-16-14-12-10-8-6-4-2/h21-24,65,68H,3-20,25-64H2,1-2H3/b23-21-,24-22-. The van der Waals surface area contributed by atoms with Crippen LogP contribution in [0.1, 0.15) is 373 Å². The number of hydrogen-bond acceptors (Lipinski definition) is 5. The zero-order valence-electron chi connectivity index (χ0n) is 49.0. The van der Waals surface area contributed by atoms with Crippen molar-refractivity contribution in [2.24, 2.45) is 0 Å². The van der Waals surface area contributed by atoms with Crippen LogP contribution in [-0.2, 0) is 19.1 Å². The van der Waals surface area contributed by atoms with Gasteiger partial charge in [0.15, 0.2) is 6.10 Å². The van der Waals surface area contributed by atoms with Gasteiger partial charge in [-0.15, -0.1) is 0 Å². The summed E-state index contributed by atoms with van der Waals surface area (Å²) >= 11 is 0. The Morgan fingerprint density at radius 1 is 0.306 bits per heavy atom. The van der Waals surface area contributed by atoms with E-state index in [1.54, 1.807) is 0 Å². The highest BCUT2D eigenvalue weighted by atomic mass is 16.6. The zero-order chi connectivity index (χ0) is 52.0. The number of esters is 2. The van der Waals surface area contributed by atoms with E-state index in [0.29, 0.717) is 12.8 Å². The molecule has 0 aromatic carbocycles. The number of rotatable bonds is 62. The molecule has 0 spiro atoms. The molecule has 0 heterocycles.